The normalized spacial score (nSPS) is 10.4. The average molecular weight is 479 g/mol. The molecule has 0 saturated carbocycles. The van der Waals surface area contributed by atoms with Gasteiger partial charge in [0.25, 0.3) is 5.91 Å². The molecule has 0 radical (unpaired) electrons. The van der Waals surface area contributed by atoms with Gasteiger partial charge in [-0.3, -0.25) is 4.79 Å². The second-order valence-electron chi connectivity index (χ2n) is 5.47. The molecule has 0 bridgehead atoms. The Morgan fingerprint density at radius 1 is 0.962 bits per heavy atom. The quantitative estimate of drug-likeness (QED) is 0.485. The van der Waals surface area contributed by atoms with Crippen LogP contribution in [0.3, 0.4) is 0 Å². The highest BCUT2D eigenvalue weighted by Crippen LogP contribution is 2.30. The molecule has 0 unspecified atom stereocenters. The molecule has 3 nitrogen and oxygen atoms in total. The maximum atomic E-state index is 13.8. The van der Waals surface area contributed by atoms with Crippen molar-refractivity contribution in [2.45, 2.75) is 0 Å². The summed E-state index contributed by atoms with van der Waals surface area (Å²) in [7, 11) is 0. The van der Waals surface area contributed by atoms with Crippen molar-refractivity contribution < 1.29 is 13.9 Å². The van der Waals surface area contributed by atoms with E-state index < -0.39 is 11.7 Å². The van der Waals surface area contributed by atoms with Crippen LogP contribution < -0.4 is 10.1 Å². The van der Waals surface area contributed by atoms with Crippen LogP contribution in [-0.2, 0) is 4.79 Å². The van der Waals surface area contributed by atoms with Crippen LogP contribution >= 0.6 is 31.9 Å². The number of carbonyl (C=O) groups is 1. The van der Waals surface area contributed by atoms with Crippen LogP contribution in [0, 0.1) is 5.82 Å². The molecule has 0 saturated heterocycles. The summed E-state index contributed by atoms with van der Waals surface area (Å²) in [6.07, 6.45) is 0. The molecule has 0 heterocycles. The Morgan fingerprint density at radius 2 is 1.73 bits per heavy atom. The van der Waals surface area contributed by atoms with Crippen molar-refractivity contribution in [1.82, 2.24) is 0 Å². The van der Waals surface area contributed by atoms with Crippen LogP contribution in [0.25, 0.3) is 11.1 Å². The van der Waals surface area contributed by atoms with Crippen molar-refractivity contribution in [2.75, 3.05) is 11.9 Å². The summed E-state index contributed by atoms with van der Waals surface area (Å²) in [4.78, 5) is 12.0. The molecule has 0 aliphatic rings. The van der Waals surface area contributed by atoms with Gasteiger partial charge in [-0.1, -0.05) is 52.3 Å². The number of hydrogen-bond donors (Lipinski definition) is 1. The fourth-order valence-electron chi connectivity index (χ4n) is 2.35. The molecule has 0 spiro atoms. The Hall–Kier alpha value is -2.18. The summed E-state index contributed by atoms with van der Waals surface area (Å²) in [6.45, 7) is -0.223. The highest BCUT2D eigenvalue weighted by Gasteiger charge is 2.10. The summed E-state index contributed by atoms with van der Waals surface area (Å²) >= 11 is 6.63. The predicted octanol–water partition coefficient (Wildman–Crippen LogP) is 6.04. The number of halogens is 3. The van der Waals surface area contributed by atoms with Gasteiger partial charge in [0.15, 0.2) is 6.61 Å². The molecule has 0 aliphatic carbocycles. The lowest BCUT2D eigenvalue weighted by Gasteiger charge is -2.11. The highest BCUT2D eigenvalue weighted by atomic mass is 79.9. The van der Waals surface area contributed by atoms with Gasteiger partial charge in [0.2, 0.25) is 0 Å². The van der Waals surface area contributed by atoms with E-state index in [2.05, 4.69) is 37.2 Å². The van der Waals surface area contributed by atoms with E-state index in [1.54, 1.807) is 12.1 Å². The van der Waals surface area contributed by atoms with Crippen LogP contribution in [-0.4, -0.2) is 12.5 Å². The van der Waals surface area contributed by atoms with Gasteiger partial charge in [0.1, 0.15) is 11.6 Å². The minimum atomic E-state index is -0.513. The average Bonchev–Trinajstić information content (AvgIpc) is 2.64. The Balaban J connectivity index is 1.63. The van der Waals surface area contributed by atoms with Gasteiger partial charge >= 0.3 is 0 Å². The van der Waals surface area contributed by atoms with Crippen LogP contribution in [0.2, 0.25) is 0 Å². The highest BCUT2D eigenvalue weighted by molar-refractivity contribution is 9.10. The van der Waals surface area contributed by atoms with Gasteiger partial charge in [0.05, 0.1) is 10.2 Å². The van der Waals surface area contributed by atoms with Gasteiger partial charge in [-0.15, -0.1) is 0 Å². The zero-order valence-electron chi connectivity index (χ0n) is 13.5. The van der Waals surface area contributed by atoms with Gasteiger partial charge in [-0.05, 0) is 57.4 Å². The molecule has 0 atom stereocenters. The molecule has 132 valence electrons. The third-order valence-electron chi connectivity index (χ3n) is 3.60. The number of amides is 1. The molecular weight excluding hydrogens is 465 g/mol. The van der Waals surface area contributed by atoms with Crippen molar-refractivity contribution >= 4 is 43.5 Å². The van der Waals surface area contributed by atoms with Crippen LogP contribution in [0.5, 0.6) is 5.75 Å². The summed E-state index contributed by atoms with van der Waals surface area (Å²) < 4.78 is 20.6. The molecule has 26 heavy (non-hydrogen) atoms. The van der Waals surface area contributed by atoms with E-state index in [9.17, 15) is 9.18 Å². The number of benzene rings is 3. The van der Waals surface area contributed by atoms with Crippen LogP contribution in [0.1, 0.15) is 0 Å². The lowest BCUT2D eigenvalue weighted by atomic mass is 10.1. The zero-order valence-corrected chi connectivity index (χ0v) is 16.7. The minimum Gasteiger partial charge on any atom is -0.483 e. The third-order valence-corrected chi connectivity index (χ3v) is 4.72. The summed E-state index contributed by atoms with van der Waals surface area (Å²) in [5.74, 6) is -0.414. The molecule has 1 N–H and O–H groups in total. The molecule has 0 fully saturated rings. The molecule has 3 aromatic rings. The van der Waals surface area contributed by atoms with Gasteiger partial charge in [0, 0.05) is 4.47 Å². The van der Waals surface area contributed by atoms with Crippen molar-refractivity contribution in [3.63, 3.8) is 0 Å². The predicted molar refractivity (Wildman–Crippen MR) is 108 cm³/mol. The number of rotatable bonds is 5. The Labute approximate surface area is 167 Å². The van der Waals surface area contributed by atoms with E-state index in [1.807, 2.05) is 42.5 Å². The second-order valence-corrected chi connectivity index (χ2v) is 7.24. The first-order valence-corrected chi connectivity index (χ1v) is 9.34. The second kappa shape index (κ2) is 8.47. The SMILES string of the molecule is O=C(COc1ccc(-c2ccccc2)cc1Br)Nc1ccc(Br)cc1F. The first kappa shape index (κ1) is 18.6. The first-order chi connectivity index (χ1) is 12.5. The lowest BCUT2D eigenvalue weighted by molar-refractivity contribution is -0.118. The summed E-state index contributed by atoms with van der Waals surface area (Å²) in [5.41, 5.74) is 2.23. The fraction of sp³-hybridized carbons (Fsp3) is 0.0500. The molecule has 1 amide bonds. The topological polar surface area (TPSA) is 38.3 Å². The van der Waals surface area contributed by atoms with Crippen molar-refractivity contribution in [2.24, 2.45) is 0 Å². The number of anilines is 1. The largest absolute Gasteiger partial charge is 0.483 e. The maximum absolute atomic E-state index is 13.8. The van der Waals surface area contributed by atoms with Gasteiger partial charge in [-0.25, -0.2) is 4.39 Å². The first-order valence-electron chi connectivity index (χ1n) is 7.75. The molecule has 0 aromatic heterocycles. The van der Waals surface area contributed by atoms with Crippen molar-refractivity contribution in [1.29, 1.82) is 0 Å². The number of ether oxygens (including phenoxy) is 1. The summed E-state index contributed by atoms with van der Waals surface area (Å²) in [5, 5.41) is 2.49. The van der Waals surface area contributed by atoms with Crippen LogP contribution in [0.15, 0.2) is 75.7 Å². The van der Waals surface area contributed by atoms with E-state index in [4.69, 9.17) is 4.74 Å². The molecule has 3 rings (SSSR count). The lowest BCUT2D eigenvalue weighted by Crippen LogP contribution is -2.20. The number of carbonyl (C=O) groups excluding carboxylic acids is 1. The zero-order chi connectivity index (χ0) is 18.5. The molecule has 6 heteroatoms. The Morgan fingerprint density at radius 3 is 2.42 bits per heavy atom. The van der Waals surface area contributed by atoms with Crippen molar-refractivity contribution in [3.05, 3.63) is 81.5 Å². The Kier molecular flexibility index (Phi) is 6.06. The standard InChI is InChI=1S/C20H14Br2FNO2/c21-15-7-8-18(17(23)11-15)24-20(25)12-26-19-9-6-14(10-16(19)22)13-4-2-1-3-5-13/h1-11H,12H2,(H,24,25). The van der Waals surface area contributed by atoms with E-state index in [-0.39, 0.29) is 12.3 Å². The van der Waals surface area contributed by atoms with E-state index in [0.717, 1.165) is 15.6 Å². The van der Waals surface area contributed by atoms with E-state index in [0.29, 0.717) is 10.2 Å². The van der Waals surface area contributed by atoms with Gasteiger partial charge in [-0.2, -0.15) is 0 Å². The minimum absolute atomic E-state index is 0.111. The molecule has 0 aliphatic heterocycles. The van der Waals surface area contributed by atoms with Crippen LogP contribution in [0.4, 0.5) is 10.1 Å². The van der Waals surface area contributed by atoms with E-state index >= 15 is 0 Å². The molecule has 3 aromatic carbocycles. The maximum Gasteiger partial charge on any atom is 0.262 e. The smallest absolute Gasteiger partial charge is 0.262 e. The fourth-order valence-corrected chi connectivity index (χ4v) is 3.17. The summed E-state index contributed by atoms with van der Waals surface area (Å²) in [6, 6.07) is 20.0. The number of nitrogens with one attached hydrogen (secondary N) is 1. The van der Waals surface area contributed by atoms with Gasteiger partial charge < -0.3 is 10.1 Å². The third kappa shape index (κ3) is 4.71. The number of hydrogen-bond acceptors (Lipinski definition) is 2. The van der Waals surface area contributed by atoms with E-state index in [1.165, 1.54) is 12.1 Å². The monoisotopic (exact) mass is 477 g/mol. The Bertz CT molecular complexity index is 932. The molecular formula is C20H14Br2FNO2. The van der Waals surface area contributed by atoms with Crippen molar-refractivity contribution in [3.8, 4) is 16.9 Å².